The summed E-state index contributed by atoms with van der Waals surface area (Å²) >= 11 is 0. The Morgan fingerprint density at radius 2 is 2.07 bits per heavy atom. The third-order valence-corrected chi connectivity index (χ3v) is 2.76. The van der Waals surface area contributed by atoms with Crippen molar-refractivity contribution < 1.29 is 15.0 Å². The van der Waals surface area contributed by atoms with Crippen molar-refractivity contribution in [3.05, 3.63) is 29.8 Å². The van der Waals surface area contributed by atoms with E-state index in [9.17, 15) is 9.90 Å². The molecule has 0 amide bonds. The highest BCUT2D eigenvalue weighted by molar-refractivity contribution is 5.74. The van der Waals surface area contributed by atoms with Crippen LogP contribution in [0.2, 0.25) is 0 Å². The number of phenolic OH excluding ortho intramolecular Hbond substituents is 1. The molecule has 1 heterocycles. The molecule has 0 spiro atoms. The van der Waals surface area contributed by atoms with Crippen LogP contribution in [0.25, 0.3) is 0 Å². The number of benzene rings is 1. The molecular formula is C11H13NO3. The van der Waals surface area contributed by atoms with Crippen molar-refractivity contribution in [1.82, 2.24) is 5.32 Å². The minimum absolute atomic E-state index is 0.0488. The Morgan fingerprint density at radius 3 is 2.67 bits per heavy atom. The first-order valence-electron chi connectivity index (χ1n) is 4.95. The lowest BCUT2D eigenvalue weighted by atomic mass is 10.0. The average Bonchev–Trinajstić information content (AvgIpc) is 2.67. The average molecular weight is 207 g/mol. The molecule has 1 fully saturated rings. The maximum Gasteiger partial charge on any atom is 0.320 e. The lowest BCUT2D eigenvalue weighted by Crippen LogP contribution is -2.31. The molecule has 2 rings (SSSR count). The van der Waals surface area contributed by atoms with Gasteiger partial charge in [0.25, 0.3) is 0 Å². The van der Waals surface area contributed by atoms with Gasteiger partial charge in [-0.25, -0.2) is 0 Å². The molecule has 15 heavy (non-hydrogen) atoms. The van der Waals surface area contributed by atoms with E-state index in [1.54, 1.807) is 12.1 Å². The van der Waals surface area contributed by atoms with Gasteiger partial charge in [0.15, 0.2) is 0 Å². The predicted octanol–water partition coefficient (Wildman–Crippen LogP) is 1.27. The summed E-state index contributed by atoms with van der Waals surface area (Å²) in [6.45, 7) is 0. The summed E-state index contributed by atoms with van der Waals surface area (Å²) in [6.07, 6.45) is 1.35. The number of carbonyl (C=O) groups is 1. The topological polar surface area (TPSA) is 69.6 Å². The molecule has 0 bridgehead atoms. The molecule has 0 saturated carbocycles. The normalized spacial score (nSPS) is 25.3. The Kier molecular flexibility index (Phi) is 2.60. The van der Waals surface area contributed by atoms with E-state index in [0.717, 1.165) is 12.0 Å². The molecule has 3 N–H and O–H groups in total. The Bertz CT molecular complexity index is 378. The molecule has 2 atom stereocenters. The van der Waals surface area contributed by atoms with E-state index in [-0.39, 0.29) is 11.8 Å². The Morgan fingerprint density at radius 1 is 1.33 bits per heavy atom. The van der Waals surface area contributed by atoms with Crippen molar-refractivity contribution in [2.24, 2.45) is 0 Å². The molecule has 1 aromatic carbocycles. The number of phenols is 1. The largest absolute Gasteiger partial charge is 0.508 e. The smallest absolute Gasteiger partial charge is 0.320 e. The molecule has 4 nitrogen and oxygen atoms in total. The fraction of sp³-hybridized carbons (Fsp3) is 0.364. The van der Waals surface area contributed by atoms with E-state index >= 15 is 0 Å². The van der Waals surface area contributed by atoms with E-state index in [1.807, 2.05) is 12.1 Å². The zero-order valence-electron chi connectivity index (χ0n) is 8.18. The summed E-state index contributed by atoms with van der Waals surface area (Å²) in [5.41, 5.74) is 0.779. The van der Waals surface area contributed by atoms with Gasteiger partial charge in [0, 0.05) is 11.6 Å². The van der Waals surface area contributed by atoms with Gasteiger partial charge in [0.2, 0.25) is 0 Å². The van der Waals surface area contributed by atoms with Gasteiger partial charge in [-0.1, -0.05) is 18.2 Å². The molecule has 1 aliphatic heterocycles. The Balaban J connectivity index is 2.14. The molecule has 0 radical (unpaired) electrons. The second-order valence-corrected chi connectivity index (χ2v) is 3.75. The fourth-order valence-corrected chi connectivity index (χ4v) is 1.97. The summed E-state index contributed by atoms with van der Waals surface area (Å²) < 4.78 is 0. The SMILES string of the molecule is O=C(O)C1CCC(c2ccccc2O)N1. The summed E-state index contributed by atoms with van der Waals surface area (Å²) in [5, 5.41) is 21.4. The lowest BCUT2D eigenvalue weighted by molar-refractivity contribution is -0.139. The third-order valence-electron chi connectivity index (χ3n) is 2.76. The zero-order valence-corrected chi connectivity index (χ0v) is 8.18. The minimum Gasteiger partial charge on any atom is -0.508 e. The number of carboxylic acid groups (broad SMARTS) is 1. The second-order valence-electron chi connectivity index (χ2n) is 3.75. The summed E-state index contributed by atoms with van der Waals surface area (Å²) in [6, 6.07) is 6.48. The van der Waals surface area contributed by atoms with Crippen LogP contribution < -0.4 is 5.32 Å². The highest BCUT2D eigenvalue weighted by Crippen LogP contribution is 2.31. The molecule has 0 aromatic heterocycles. The van der Waals surface area contributed by atoms with Crippen molar-refractivity contribution in [1.29, 1.82) is 0 Å². The van der Waals surface area contributed by atoms with Crippen molar-refractivity contribution in [3.63, 3.8) is 0 Å². The van der Waals surface area contributed by atoms with Crippen molar-refractivity contribution >= 4 is 5.97 Å². The lowest BCUT2D eigenvalue weighted by Gasteiger charge is -2.13. The van der Waals surface area contributed by atoms with Gasteiger partial charge in [0.1, 0.15) is 11.8 Å². The van der Waals surface area contributed by atoms with Gasteiger partial charge < -0.3 is 10.2 Å². The quantitative estimate of drug-likeness (QED) is 0.683. The standard InChI is InChI=1S/C11H13NO3/c13-10-4-2-1-3-7(10)8-5-6-9(12-8)11(14)15/h1-4,8-9,12-13H,5-6H2,(H,14,15). The first kappa shape index (κ1) is 9.98. The number of hydrogen-bond acceptors (Lipinski definition) is 3. The number of para-hydroxylation sites is 1. The number of rotatable bonds is 2. The van der Waals surface area contributed by atoms with E-state index < -0.39 is 12.0 Å². The summed E-state index contributed by atoms with van der Waals surface area (Å²) in [4.78, 5) is 10.7. The van der Waals surface area contributed by atoms with Crippen LogP contribution in [0.1, 0.15) is 24.4 Å². The van der Waals surface area contributed by atoms with Crippen LogP contribution in [-0.2, 0) is 4.79 Å². The van der Waals surface area contributed by atoms with E-state index in [2.05, 4.69) is 5.32 Å². The fourth-order valence-electron chi connectivity index (χ4n) is 1.97. The van der Waals surface area contributed by atoms with E-state index in [4.69, 9.17) is 5.11 Å². The van der Waals surface area contributed by atoms with Crippen LogP contribution in [0.4, 0.5) is 0 Å². The van der Waals surface area contributed by atoms with E-state index in [1.165, 1.54) is 0 Å². The Hall–Kier alpha value is -1.55. The number of hydrogen-bond donors (Lipinski definition) is 3. The summed E-state index contributed by atoms with van der Waals surface area (Å²) in [5.74, 6) is -0.603. The van der Waals surface area contributed by atoms with Crippen LogP contribution in [0, 0.1) is 0 Å². The molecule has 0 aliphatic carbocycles. The van der Waals surface area contributed by atoms with Gasteiger partial charge in [-0.05, 0) is 18.9 Å². The van der Waals surface area contributed by atoms with E-state index in [0.29, 0.717) is 6.42 Å². The Labute approximate surface area is 87.6 Å². The second kappa shape index (κ2) is 3.90. The van der Waals surface area contributed by atoms with Gasteiger partial charge >= 0.3 is 5.97 Å². The van der Waals surface area contributed by atoms with Crippen molar-refractivity contribution in [2.75, 3.05) is 0 Å². The first-order chi connectivity index (χ1) is 7.18. The zero-order chi connectivity index (χ0) is 10.8. The highest BCUT2D eigenvalue weighted by atomic mass is 16.4. The van der Waals surface area contributed by atoms with Crippen LogP contribution in [-0.4, -0.2) is 22.2 Å². The van der Waals surface area contributed by atoms with Gasteiger partial charge in [-0.3, -0.25) is 10.1 Å². The van der Waals surface area contributed by atoms with Crippen molar-refractivity contribution in [2.45, 2.75) is 24.9 Å². The van der Waals surface area contributed by atoms with Crippen LogP contribution in [0.15, 0.2) is 24.3 Å². The molecule has 4 heteroatoms. The number of aromatic hydroxyl groups is 1. The number of aliphatic carboxylic acids is 1. The molecule has 1 aromatic rings. The molecule has 1 saturated heterocycles. The first-order valence-corrected chi connectivity index (χ1v) is 4.95. The number of carboxylic acids is 1. The maximum atomic E-state index is 10.7. The third kappa shape index (κ3) is 1.94. The number of nitrogens with one attached hydrogen (secondary N) is 1. The van der Waals surface area contributed by atoms with Gasteiger partial charge in [-0.15, -0.1) is 0 Å². The van der Waals surface area contributed by atoms with Crippen molar-refractivity contribution in [3.8, 4) is 5.75 Å². The monoisotopic (exact) mass is 207 g/mol. The van der Waals surface area contributed by atoms with Gasteiger partial charge in [0.05, 0.1) is 0 Å². The van der Waals surface area contributed by atoms with Crippen LogP contribution in [0.5, 0.6) is 5.75 Å². The van der Waals surface area contributed by atoms with Crippen LogP contribution >= 0.6 is 0 Å². The van der Waals surface area contributed by atoms with Crippen LogP contribution in [0.3, 0.4) is 0 Å². The molecular weight excluding hydrogens is 194 g/mol. The van der Waals surface area contributed by atoms with Gasteiger partial charge in [-0.2, -0.15) is 0 Å². The molecule has 2 unspecified atom stereocenters. The predicted molar refractivity (Wildman–Crippen MR) is 54.6 cm³/mol. The molecule has 1 aliphatic rings. The maximum absolute atomic E-state index is 10.7. The highest BCUT2D eigenvalue weighted by Gasteiger charge is 2.30. The minimum atomic E-state index is -0.826. The molecule has 80 valence electrons. The summed E-state index contributed by atoms with van der Waals surface area (Å²) in [7, 11) is 0.